The van der Waals surface area contributed by atoms with Crippen molar-refractivity contribution in [3.63, 3.8) is 0 Å². The molecule has 1 aromatic carbocycles. The van der Waals surface area contributed by atoms with Crippen molar-refractivity contribution in [3.05, 3.63) is 52.6 Å². The van der Waals surface area contributed by atoms with Crippen molar-refractivity contribution in [2.24, 2.45) is 0 Å². The molecule has 0 aliphatic heterocycles. The Hall–Kier alpha value is -3.63. The first-order valence-corrected chi connectivity index (χ1v) is 8.63. The molecule has 0 saturated heterocycles. The number of nitrogens with one attached hydrogen (secondary N) is 2. The van der Waals surface area contributed by atoms with Crippen molar-refractivity contribution >= 4 is 28.0 Å². The molecule has 0 atom stereocenters. The highest BCUT2D eigenvalue weighted by Gasteiger charge is 2.30. The van der Waals surface area contributed by atoms with E-state index in [0.29, 0.717) is 10.9 Å². The van der Waals surface area contributed by atoms with Crippen LogP contribution in [0.2, 0.25) is 0 Å². The summed E-state index contributed by atoms with van der Waals surface area (Å²) in [5, 5.41) is 10.3. The molecule has 11 heteroatoms. The molecule has 150 valence electrons. The lowest BCUT2D eigenvalue weighted by Gasteiger charge is -2.07. The number of hydrogen-bond donors (Lipinski definition) is 2. The van der Waals surface area contributed by atoms with Crippen LogP contribution >= 0.6 is 0 Å². The van der Waals surface area contributed by atoms with Gasteiger partial charge >= 0.3 is 12.2 Å². The van der Waals surface area contributed by atoms with Crippen molar-refractivity contribution < 1.29 is 18.0 Å². The van der Waals surface area contributed by atoms with Gasteiger partial charge in [-0.25, -0.2) is 14.5 Å². The smallest absolute Gasteiger partial charge is 0.334 e. The molecular weight excluding hydrogens is 389 g/mol. The van der Waals surface area contributed by atoms with Gasteiger partial charge in [0.1, 0.15) is 0 Å². The van der Waals surface area contributed by atoms with Gasteiger partial charge in [-0.15, -0.1) is 0 Å². The molecule has 0 spiro atoms. The number of aromatic nitrogens is 5. The van der Waals surface area contributed by atoms with Gasteiger partial charge in [0.15, 0.2) is 5.65 Å². The number of carbonyl (C=O) groups excluding carboxylic acids is 1. The second kappa shape index (κ2) is 6.47. The predicted octanol–water partition coefficient (Wildman–Crippen LogP) is 3.05. The summed E-state index contributed by atoms with van der Waals surface area (Å²) in [6, 6.07) is 3.62. The number of hydrogen-bond acceptors (Lipinski definition) is 4. The van der Waals surface area contributed by atoms with Crippen LogP contribution in [0.15, 0.2) is 41.5 Å². The number of rotatable bonds is 2. The molecule has 0 radical (unpaired) electrons. The quantitative estimate of drug-likeness (QED) is 0.537. The first-order chi connectivity index (χ1) is 13.7. The Labute approximate surface area is 160 Å². The minimum atomic E-state index is -4.47. The van der Waals surface area contributed by atoms with Crippen LogP contribution in [-0.2, 0) is 6.18 Å². The molecule has 0 saturated carbocycles. The van der Waals surface area contributed by atoms with Gasteiger partial charge < -0.3 is 5.32 Å². The number of amides is 1. The molecule has 4 rings (SSSR count). The van der Waals surface area contributed by atoms with Gasteiger partial charge in [0, 0.05) is 12.2 Å². The number of H-pyrrole nitrogens is 1. The maximum atomic E-state index is 12.8. The van der Waals surface area contributed by atoms with Gasteiger partial charge in [-0.05, 0) is 38.1 Å². The van der Waals surface area contributed by atoms with Gasteiger partial charge in [-0.1, -0.05) is 0 Å². The van der Waals surface area contributed by atoms with Crippen LogP contribution < -0.4 is 10.9 Å². The molecule has 2 N–H and O–H groups in total. The number of halogens is 3. The monoisotopic (exact) mass is 404 g/mol. The molecule has 8 nitrogen and oxygen atoms in total. The molecule has 0 unspecified atom stereocenters. The number of carbonyl (C=O) groups is 1. The van der Waals surface area contributed by atoms with Gasteiger partial charge in [0.05, 0.1) is 33.7 Å². The van der Waals surface area contributed by atoms with Crippen molar-refractivity contribution in [1.29, 1.82) is 0 Å². The summed E-state index contributed by atoms with van der Waals surface area (Å²) < 4.78 is 40.5. The van der Waals surface area contributed by atoms with E-state index in [1.54, 1.807) is 13.8 Å². The average Bonchev–Trinajstić information content (AvgIpc) is 3.22. The molecule has 0 fully saturated rings. The number of fused-ring (bicyclic) bond motifs is 3. The summed E-state index contributed by atoms with van der Waals surface area (Å²) in [5.74, 6) is 0. The lowest BCUT2D eigenvalue weighted by Crippen LogP contribution is -2.34. The molecule has 4 aromatic rings. The summed E-state index contributed by atoms with van der Waals surface area (Å²) in [7, 11) is 0. The Bertz CT molecular complexity index is 1280. The minimum absolute atomic E-state index is 0.106. The zero-order valence-corrected chi connectivity index (χ0v) is 15.3. The van der Waals surface area contributed by atoms with Crippen LogP contribution in [0.1, 0.15) is 19.4 Å². The van der Waals surface area contributed by atoms with Crippen molar-refractivity contribution in [2.75, 3.05) is 0 Å². The van der Waals surface area contributed by atoms with E-state index < -0.39 is 23.3 Å². The van der Waals surface area contributed by atoms with Crippen LogP contribution in [0.25, 0.3) is 27.6 Å². The highest BCUT2D eigenvalue weighted by molar-refractivity contribution is 6.03. The van der Waals surface area contributed by atoms with Crippen LogP contribution in [0.3, 0.4) is 0 Å². The molecule has 0 bridgehead atoms. The number of aromatic amines is 1. The third kappa shape index (κ3) is 3.13. The van der Waals surface area contributed by atoms with E-state index >= 15 is 0 Å². The molecule has 3 aromatic heterocycles. The van der Waals surface area contributed by atoms with Crippen LogP contribution in [0, 0.1) is 0 Å². The van der Waals surface area contributed by atoms with E-state index in [0.717, 1.165) is 21.5 Å². The Morgan fingerprint density at radius 3 is 2.45 bits per heavy atom. The minimum Gasteiger partial charge on any atom is -0.334 e. The summed E-state index contributed by atoms with van der Waals surface area (Å²) >= 11 is 0. The van der Waals surface area contributed by atoms with Crippen LogP contribution in [-0.4, -0.2) is 36.6 Å². The Kier molecular flexibility index (Phi) is 4.17. The molecule has 29 heavy (non-hydrogen) atoms. The maximum Gasteiger partial charge on any atom is 0.416 e. The van der Waals surface area contributed by atoms with Gasteiger partial charge in [0.2, 0.25) is 0 Å². The lowest BCUT2D eigenvalue weighted by molar-refractivity contribution is -0.137. The average molecular weight is 404 g/mol. The second-order valence-corrected chi connectivity index (χ2v) is 6.74. The van der Waals surface area contributed by atoms with E-state index in [2.05, 4.69) is 20.5 Å². The fourth-order valence-electron chi connectivity index (χ4n) is 2.98. The molecule has 0 aliphatic rings. The Balaban J connectivity index is 1.83. The normalized spacial score (nSPS) is 12.2. The summed E-state index contributed by atoms with van der Waals surface area (Å²) in [6.45, 7) is 3.60. The van der Waals surface area contributed by atoms with Gasteiger partial charge in [-0.3, -0.25) is 9.89 Å². The van der Waals surface area contributed by atoms with Gasteiger partial charge in [-0.2, -0.15) is 23.0 Å². The van der Waals surface area contributed by atoms with E-state index in [-0.39, 0.29) is 22.8 Å². The van der Waals surface area contributed by atoms with Crippen molar-refractivity contribution in [3.8, 4) is 5.69 Å². The van der Waals surface area contributed by atoms with E-state index in [4.69, 9.17) is 0 Å². The largest absolute Gasteiger partial charge is 0.416 e. The second-order valence-electron chi connectivity index (χ2n) is 6.74. The van der Waals surface area contributed by atoms with Crippen LogP contribution in [0.5, 0.6) is 0 Å². The zero-order chi connectivity index (χ0) is 20.9. The van der Waals surface area contributed by atoms with Crippen molar-refractivity contribution in [2.45, 2.75) is 26.1 Å². The number of benzene rings is 1. The maximum absolute atomic E-state index is 12.8. The highest BCUT2D eigenvalue weighted by Crippen LogP contribution is 2.29. The molecule has 3 heterocycles. The standard InChI is InChI=1S/C18H15F3N6O2/c1-9(2)24-17(29)27-15-12(8-23-27)14-13(7-22-15)16(28)26(25-14)11-5-3-10(4-6-11)18(19,20)21/h3-9,25H,1-2H3,(H,24,29). The Morgan fingerprint density at radius 2 is 1.83 bits per heavy atom. The highest BCUT2D eigenvalue weighted by atomic mass is 19.4. The third-order valence-corrected chi connectivity index (χ3v) is 4.31. The number of nitrogens with zero attached hydrogens (tertiary/aromatic N) is 4. The topological polar surface area (TPSA) is 97.6 Å². The summed E-state index contributed by atoms with van der Waals surface area (Å²) in [5.41, 5.74) is -0.433. The predicted molar refractivity (Wildman–Crippen MR) is 99.0 cm³/mol. The lowest BCUT2D eigenvalue weighted by atomic mass is 10.2. The first-order valence-electron chi connectivity index (χ1n) is 8.63. The molecule has 1 amide bonds. The zero-order valence-electron chi connectivity index (χ0n) is 15.3. The first kappa shape index (κ1) is 18.7. The number of alkyl halides is 3. The van der Waals surface area contributed by atoms with E-state index in [9.17, 15) is 22.8 Å². The van der Waals surface area contributed by atoms with Gasteiger partial charge in [0.25, 0.3) is 5.56 Å². The fraction of sp³-hybridized carbons (Fsp3) is 0.222. The van der Waals surface area contributed by atoms with E-state index in [1.165, 1.54) is 24.5 Å². The van der Waals surface area contributed by atoms with Crippen molar-refractivity contribution in [1.82, 2.24) is 29.9 Å². The molecule has 0 aliphatic carbocycles. The summed E-state index contributed by atoms with van der Waals surface area (Å²) in [6.07, 6.45) is -1.76. The SMILES string of the molecule is CC(C)NC(=O)n1ncc2c3[nH]n(-c4ccc(C(F)(F)F)cc4)c(=O)c3cnc21. The van der Waals surface area contributed by atoms with Crippen LogP contribution in [0.4, 0.5) is 18.0 Å². The molecular formula is C18H15F3N6O2. The Morgan fingerprint density at radius 1 is 1.14 bits per heavy atom. The van der Waals surface area contributed by atoms with E-state index in [1.807, 2.05) is 0 Å². The third-order valence-electron chi connectivity index (χ3n) is 4.31. The summed E-state index contributed by atoms with van der Waals surface area (Å²) in [4.78, 5) is 29.1. The fourth-order valence-corrected chi connectivity index (χ4v) is 2.98. The number of pyridine rings is 1.